The Morgan fingerprint density at radius 1 is 0.917 bits per heavy atom. The predicted molar refractivity (Wildman–Crippen MR) is 137 cm³/mol. The second-order valence-electron chi connectivity index (χ2n) is 9.93. The summed E-state index contributed by atoms with van der Waals surface area (Å²) in [6.07, 6.45) is 4.52. The highest BCUT2D eigenvalue weighted by molar-refractivity contribution is 6.06. The van der Waals surface area contributed by atoms with Crippen LogP contribution in [0.1, 0.15) is 40.2 Å². The van der Waals surface area contributed by atoms with E-state index in [2.05, 4.69) is 28.5 Å². The maximum atomic E-state index is 13.7. The first-order chi connectivity index (χ1) is 17.5. The molecule has 4 fully saturated rings. The average molecular weight is 490 g/mol. The molecular formula is C26H31N7O3. The summed E-state index contributed by atoms with van der Waals surface area (Å²) < 4.78 is 0. The predicted octanol–water partition coefficient (Wildman–Crippen LogP) is 2.29. The van der Waals surface area contributed by atoms with Crippen LogP contribution in [-0.2, 0) is 0 Å². The van der Waals surface area contributed by atoms with Gasteiger partial charge in [-0.1, -0.05) is 6.07 Å². The molecule has 3 aliphatic heterocycles. The number of aromatic nitrogens is 1. The largest absolute Gasteiger partial charge is 0.353 e. The van der Waals surface area contributed by atoms with Crippen molar-refractivity contribution in [2.75, 3.05) is 67.1 Å². The highest BCUT2D eigenvalue weighted by Crippen LogP contribution is 2.40. The van der Waals surface area contributed by atoms with Gasteiger partial charge in [-0.25, -0.2) is 14.6 Å². The lowest BCUT2D eigenvalue weighted by Crippen LogP contribution is -2.49. The summed E-state index contributed by atoms with van der Waals surface area (Å²) in [5, 5.41) is 5.61. The third-order valence-electron chi connectivity index (χ3n) is 7.51. The Balaban J connectivity index is 1.21. The van der Waals surface area contributed by atoms with Gasteiger partial charge in [-0.3, -0.25) is 14.6 Å². The second-order valence-corrected chi connectivity index (χ2v) is 9.93. The van der Waals surface area contributed by atoms with Gasteiger partial charge in [0.15, 0.2) is 0 Å². The lowest BCUT2D eigenvalue weighted by Gasteiger charge is -2.36. The minimum Gasteiger partial charge on any atom is -0.353 e. The van der Waals surface area contributed by atoms with E-state index in [9.17, 15) is 14.4 Å². The van der Waals surface area contributed by atoms with Crippen molar-refractivity contribution in [1.29, 1.82) is 0 Å². The van der Waals surface area contributed by atoms with Crippen molar-refractivity contribution in [3.8, 4) is 0 Å². The van der Waals surface area contributed by atoms with Crippen molar-refractivity contribution in [2.45, 2.75) is 25.7 Å². The summed E-state index contributed by atoms with van der Waals surface area (Å²) in [6.45, 7) is 6.78. The molecule has 0 atom stereocenters. The second kappa shape index (κ2) is 9.00. The molecule has 4 aliphatic rings. The van der Waals surface area contributed by atoms with E-state index in [0.717, 1.165) is 5.82 Å². The molecule has 1 aromatic heterocycles. The summed E-state index contributed by atoms with van der Waals surface area (Å²) >= 11 is 0. The van der Waals surface area contributed by atoms with E-state index in [1.165, 1.54) is 24.0 Å². The Morgan fingerprint density at radius 2 is 1.61 bits per heavy atom. The molecule has 1 saturated carbocycles. The zero-order valence-corrected chi connectivity index (χ0v) is 20.5. The number of nitrogens with one attached hydrogen (secondary N) is 2. The first-order valence-corrected chi connectivity index (χ1v) is 12.7. The first-order valence-electron chi connectivity index (χ1n) is 12.7. The molecule has 188 valence electrons. The Hall–Kier alpha value is -3.82. The number of aryl methyl sites for hydroxylation is 1. The molecule has 3 saturated heterocycles. The van der Waals surface area contributed by atoms with Gasteiger partial charge in [0, 0.05) is 64.2 Å². The van der Waals surface area contributed by atoms with Crippen LogP contribution in [0.3, 0.4) is 0 Å². The number of hydrogen-bond donors (Lipinski definition) is 2. The minimum absolute atomic E-state index is 0.101. The topological polar surface area (TPSA) is 101 Å². The zero-order chi connectivity index (χ0) is 24.8. The average Bonchev–Trinajstić information content (AvgIpc) is 3.52. The fourth-order valence-corrected chi connectivity index (χ4v) is 5.36. The number of anilines is 3. The zero-order valence-electron chi connectivity index (χ0n) is 20.5. The van der Waals surface area contributed by atoms with Gasteiger partial charge in [-0.2, -0.15) is 0 Å². The van der Waals surface area contributed by atoms with Crippen molar-refractivity contribution in [3.05, 3.63) is 47.2 Å². The third-order valence-corrected chi connectivity index (χ3v) is 7.51. The summed E-state index contributed by atoms with van der Waals surface area (Å²) in [7, 11) is 0. The van der Waals surface area contributed by atoms with Crippen LogP contribution in [0.4, 0.5) is 26.8 Å². The molecule has 0 radical (unpaired) electrons. The number of carbonyl (C=O) groups is 3. The van der Waals surface area contributed by atoms with Crippen LogP contribution in [0.25, 0.3) is 0 Å². The van der Waals surface area contributed by atoms with Crippen LogP contribution in [-0.4, -0.2) is 80.2 Å². The molecule has 1 aromatic carbocycles. The summed E-state index contributed by atoms with van der Waals surface area (Å²) in [6, 6.07) is 7.18. The van der Waals surface area contributed by atoms with Crippen LogP contribution in [0.5, 0.6) is 0 Å². The Bertz CT molecular complexity index is 1220. The summed E-state index contributed by atoms with van der Waals surface area (Å²) in [4.78, 5) is 50.4. The smallest absolute Gasteiger partial charge is 0.322 e. The highest BCUT2D eigenvalue weighted by Gasteiger charge is 2.32. The van der Waals surface area contributed by atoms with Crippen LogP contribution >= 0.6 is 0 Å². The van der Waals surface area contributed by atoms with Crippen molar-refractivity contribution in [3.63, 3.8) is 0 Å². The molecule has 0 unspecified atom stereocenters. The van der Waals surface area contributed by atoms with E-state index in [4.69, 9.17) is 4.98 Å². The fourth-order valence-electron chi connectivity index (χ4n) is 5.36. The number of benzene rings is 1. The lowest BCUT2D eigenvalue weighted by atomic mass is 10.1. The van der Waals surface area contributed by atoms with Crippen molar-refractivity contribution in [1.82, 2.24) is 20.5 Å². The number of pyridine rings is 1. The summed E-state index contributed by atoms with van der Waals surface area (Å²) in [5.74, 6) is 1.57. The molecule has 1 aliphatic carbocycles. The van der Waals surface area contributed by atoms with Crippen LogP contribution < -0.4 is 25.3 Å². The molecule has 6 rings (SSSR count). The molecule has 0 spiro atoms. The van der Waals surface area contributed by atoms with Gasteiger partial charge in [-0.15, -0.1) is 0 Å². The molecule has 5 amide bonds. The number of piperazine rings is 1. The van der Waals surface area contributed by atoms with E-state index in [1.54, 1.807) is 28.0 Å². The van der Waals surface area contributed by atoms with Gasteiger partial charge in [0.25, 0.3) is 5.91 Å². The van der Waals surface area contributed by atoms with E-state index < -0.39 is 0 Å². The quantitative estimate of drug-likeness (QED) is 0.671. The normalized spacial score (nSPS) is 20.1. The Kier molecular flexibility index (Phi) is 5.66. The molecule has 4 heterocycles. The van der Waals surface area contributed by atoms with Crippen LogP contribution in [0, 0.1) is 6.92 Å². The highest BCUT2D eigenvalue weighted by atomic mass is 16.2. The van der Waals surface area contributed by atoms with Gasteiger partial charge in [0.05, 0.1) is 11.3 Å². The number of nitrogens with zero attached hydrogens (tertiary/aromatic N) is 5. The minimum atomic E-state index is -0.229. The number of rotatable bonds is 5. The molecule has 2 N–H and O–H groups in total. The maximum Gasteiger partial charge on any atom is 0.322 e. The van der Waals surface area contributed by atoms with Gasteiger partial charge in [0.1, 0.15) is 5.82 Å². The van der Waals surface area contributed by atoms with E-state index in [1.807, 2.05) is 11.1 Å². The van der Waals surface area contributed by atoms with E-state index >= 15 is 0 Å². The summed E-state index contributed by atoms with van der Waals surface area (Å²) in [5.41, 5.74) is 4.22. The van der Waals surface area contributed by atoms with Crippen LogP contribution in [0.2, 0.25) is 0 Å². The molecule has 36 heavy (non-hydrogen) atoms. The Morgan fingerprint density at radius 3 is 2.22 bits per heavy atom. The maximum absolute atomic E-state index is 13.7. The van der Waals surface area contributed by atoms with Crippen molar-refractivity contribution >= 4 is 35.2 Å². The van der Waals surface area contributed by atoms with Crippen molar-refractivity contribution in [2.24, 2.45) is 0 Å². The monoisotopic (exact) mass is 489 g/mol. The number of carbonyl (C=O) groups excluding carboxylic acids is 3. The van der Waals surface area contributed by atoms with Crippen molar-refractivity contribution < 1.29 is 14.4 Å². The Labute approximate surface area is 210 Å². The lowest BCUT2D eigenvalue weighted by molar-refractivity contribution is 0.0747. The number of hydrogen-bond acceptors (Lipinski definition) is 5. The van der Waals surface area contributed by atoms with Gasteiger partial charge in [-0.05, 0) is 55.0 Å². The van der Waals surface area contributed by atoms with Gasteiger partial charge >= 0.3 is 12.1 Å². The van der Waals surface area contributed by atoms with Gasteiger partial charge < -0.3 is 20.4 Å². The fraction of sp³-hybridized carbons (Fsp3) is 0.462. The van der Waals surface area contributed by atoms with E-state index in [0.29, 0.717) is 75.2 Å². The first kappa shape index (κ1) is 22.6. The van der Waals surface area contributed by atoms with Gasteiger partial charge in [0.2, 0.25) is 0 Å². The van der Waals surface area contributed by atoms with E-state index in [-0.39, 0.29) is 18.0 Å². The standard InChI is InChI=1S/C26H31N7O3/c1-17-14-19(18-2-3-18)16-29-23(17)30-10-12-31(13-11-30)24(34)21-5-4-20(32-8-6-27-25(32)35)15-22(21)33-9-7-28-26(33)36/h4-5,14-16,18H,2-3,6-13H2,1H3,(H,27,35)(H,28,36). The molecule has 10 nitrogen and oxygen atoms in total. The molecular weight excluding hydrogens is 458 g/mol. The third kappa shape index (κ3) is 4.10. The van der Waals surface area contributed by atoms with Crippen LogP contribution in [0.15, 0.2) is 30.5 Å². The molecule has 0 bridgehead atoms. The SMILES string of the molecule is Cc1cc(C2CC2)cnc1N1CCN(C(=O)c2ccc(N3CCNC3=O)cc2N2CCNC2=O)CC1. The molecule has 2 aromatic rings. The number of urea groups is 2. The number of amides is 5. The molecule has 10 heteroatoms.